The van der Waals surface area contributed by atoms with E-state index in [1.54, 1.807) is 0 Å². The summed E-state index contributed by atoms with van der Waals surface area (Å²) in [5, 5.41) is 3.80. The van der Waals surface area contributed by atoms with Crippen molar-refractivity contribution in [3.63, 3.8) is 0 Å². The Labute approximate surface area is 105 Å². The molecule has 0 bridgehead atoms. The summed E-state index contributed by atoms with van der Waals surface area (Å²) >= 11 is 0. The van der Waals surface area contributed by atoms with E-state index in [1.165, 1.54) is 49.8 Å². The largest absolute Gasteiger partial charge is 0.328 e. The molecule has 3 heteroatoms. The topological polar surface area (TPSA) is 50.1 Å². The van der Waals surface area contributed by atoms with Crippen molar-refractivity contribution in [2.24, 2.45) is 5.84 Å². The molecule has 0 radical (unpaired) electrons. The highest BCUT2D eigenvalue weighted by atomic mass is 15.2. The highest BCUT2D eigenvalue weighted by Crippen LogP contribution is 2.26. The molecule has 0 aliphatic heterocycles. The van der Waals surface area contributed by atoms with Crippen LogP contribution in [0.25, 0.3) is 0 Å². The average molecular weight is 235 g/mol. The maximum absolute atomic E-state index is 5.58. The van der Waals surface area contributed by atoms with Gasteiger partial charge in [-0.2, -0.15) is 0 Å². The maximum atomic E-state index is 5.58. The van der Waals surface area contributed by atoms with Gasteiger partial charge in [0.15, 0.2) is 0 Å². The van der Waals surface area contributed by atoms with Crippen LogP contribution in [0.5, 0.6) is 0 Å². The Morgan fingerprint density at radius 1 is 1.12 bits per heavy atom. The van der Waals surface area contributed by atoms with E-state index in [0.717, 1.165) is 18.9 Å². The molecule has 1 saturated carbocycles. The van der Waals surface area contributed by atoms with E-state index < -0.39 is 0 Å². The zero-order valence-corrected chi connectivity index (χ0v) is 10.7. The quantitative estimate of drug-likeness (QED) is 0.518. The fourth-order valence-electron chi connectivity index (χ4n) is 3.08. The molecule has 1 fully saturated rings. The second-order valence-electron chi connectivity index (χ2n) is 5.29. The van der Waals surface area contributed by atoms with Crippen molar-refractivity contribution in [2.75, 3.05) is 0 Å². The van der Waals surface area contributed by atoms with Crippen LogP contribution >= 0.6 is 0 Å². The number of hydrogen-bond donors (Lipinski definition) is 3. The van der Waals surface area contributed by atoms with Gasteiger partial charge < -0.3 is 10.7 Å². The van der Waals surface area contributed by atoms with Crippen LogP contribution in [0.15, 0.2) is 23.9 Å². The van der Waals surface area contributed by atoms with Gasteiger partial charge in [-0.25, -0.2) is 0 Å². The molecule has 1 unspecified atom stereocenters. The molecule has 2 aliphatic carbocycles. The number of nitrogens with two attached hydrogens (primary N) is 1. The monoisotopic (exact) mass is 235 g/mol. The van der Waals surface area contributed by atoms with Crippen molar-refractivity contribution >= 4 is 0 Å². The Morgan fingerprint density at radius 3 is 2.53 bits per heavy atom. The van der Waals surface area contributed by atoms with Crippen molar-refractivity contribution in [2.45, 2.75) is 63.5 Å². The summed E-state index contributed by atoms with van der Waals surface area (Å²) in [4.78, 5) is 0. The molecule has 96 valence electrons. The van der Waals surface area contributed by atoms with Crippen molar-refractivity contribution in [1.29, 1.82) is 0 Å². The first-order valence-electron chi connectivity index (χ1n) is 6.90. The predicted molar refractivity (Wildman–Crippen MR) is 72.2 cm³/mol. The Morgan fingerprint density at radius 2 is 1.88 bits per heavy atom. The van der Waals surface area contributed by atoms with Crippen LogP contribution in [0, 0.1) is 0 Å². The van der Waals surface area contributed by atoms with Crippen LogP contribution in [-0.4, -0.2) is 12.1 Å². The number of rotatable bonds is 4. The Bertz CT molecular complexity index is 290. The molecule has 1 atom stereocenters. The van der Waals surface area contributed by atoms with Gasteiger partial charge in [-0.15, -0.1) is 0 Å². The standard InChI is InChI=1S/C14H25N3/c1-2-11-8-9-13(10-14(11)17-15)16-12-6-4-3-5-7-12/h2,12-13,16-17H,1,3-10,15H2. The van der Waals surface area contributed by atoms with Gasteiger partial charge in [0.2, 0.25) is 0 Å². The number of allylic oxidation sites excluding steroid dienone is 2. The van der Waals surface area contributed by atoms with Gasteiger partial charge >= 0.3 is 0 Å². The van der Waals surface area contributed by atoms with Gasteiger partial charge in [0, 0.05) is 24.2 Å². The van der Waals surface area contributed by atoms with E-state index in [1.807, 2.05) is 6.08 Å². The number of hydrogen-bond acceptors (Lipinski definition) is 3. The molecule has 0 aromatic heterocycles. The molecule has 0 aromatic carbocycles. The van der Waals surface area contributed by atoms with Gasteiger partial charge in [-0.1, -0.05) is 31.9 Å². The molecule has 4 N–H and O–H groups in total. The van der Waals surface area contributed by atoms with Crippen LogP contribution in [-0.2, 0) is 0 Å². The summed E-state index contributed by atoms with van der Waals surface area (Å²) < 4.78 is 0. The van der Waals surface area contributed by atoms with E-state index in [9.17, 15) is 0 Å². The molecule has 17 heavy (non-hydrogen) atoms. The highest BCUT2D eigenvalue weighted by molar-refractivity contribution is 5.26. The first kappa shape index (κ1) is 12.7. The average Bonchev–Trinajstić information content (AvgIpc) is 2.40. The summed E-state index contributed by atoms with van der Waals surface area (Å²) in [6, 6.07) is 1.32. The van der Waals surface area contributed by atoms with Crippen molar-refractivity contribution < 1.29 is 0 Å². The lowest BCUT2D eigenvalue weighted by atomic mass is 9.89. The van der Waals surface area contributed by atoms with E-state index >= 15 is 0 Å². The minimum Gasteiger partial charge on any atom is -0.328 e. The molecule has 3 nitrogen and oxygen atoms in total. The molecule has 2 aliphatic rings. The summed E-state index contributed by atoms with van der Waals surface area (Å²) in [6.45, 7) is 3.85. The minimum absolute atomic E-state index is 0.591. The van der Waals surface area contributed by atoms with Gasteiger partial charge in [0.05, 0.1) is 0 Å². The van der Waals surface area contributed by atoms with Gasteiger partial charge in [0.25, 0.3) is 0 Å². The fourth-order valence-corrected chi connectivity index (χ4v) is 3.08. The maximum Gasteiger partial charge on any atom is 0.0306 e. The lowest BCUT2D eigenvalue weighted by molar-refractivity contribution is 0.317. The van der Waals surface area contributed by atoms with E-state index in [0.29, 0.717) is 6.04 Å². The molecular weight excluding hydrogens is 210 g/mol. The predicted octanol–water partition coefficient (Wildman–Crippen LogP) is 2.36. The van der Waals surface area contributed by atoms with Crippen LogP contribution in [0.2, 0.25) is 0 Å². The second-order valence-corrected chi connectivity index (χ2v) is 5.29. The van der Waals surface area contributed by atoms with E-state index in [4.69, 9.17) is 5.84 Å². The molecule has 0 amide bonds. The third kappa shape index (κ3) is 3.33. The lowest BCUT2D eigenvalue weighted by Crippen LogP contribution is -2.42. The lowest BCUT2D eigenvalue weighted by Gasteiger charge is -2.32. The Kier molecular flexibility index (Phi) is 4.63. The molecule has 2 rings (SSSR count). The summed E-state index contributed by atoms with van der Waals surface area (Å²) in [6.07, 6.45) is 12.1. The first-order chi connectivity index (χ1) is 8.33. The van der Waals surface area contributed by atoms with Crippen molar-refractivity contribution in [3.8, 4) is 0 Å². The highest BCUT2D eigenvalue weighted by Gasteiger charge is 2.22. The van der Waals surface area contributed by atoms with Crippen LogP contribution < -0.4 is 16.6 Å². The second kappa shape index (κ2) is 6.22. The summed E-state index contributed by atoms with van der Waals surface area (Å²) in [5.41, 5.74) is 5.29. The van der Waals surface area contributed by atoms with Gasteiger partial charge in [0.1, 0.15) is 0 Å². The van der Waals surface area contributed by atoms with Gasteiger partial charge in [-0.3, -0.25) is 5.84 Å². The van der Waals surface area contributed by atoms with E-state index in [-0.39, 0.29) is 0 Å². The van der Waals surface area contributed by atoms with Crippen LogP contribution in [0.4, 0.5) is 0 Å². The van der Waals surface area contributed by atoms with Gasteiger partial charge in [-0.05, 0) is 31.3 Å². The smallest absolute Gasteiger partial charge is 0.0306 e. The Hall–Kier alpha value is -0.800. The number of nitrogens with one attached hydrogen (secondary N) is 2. The van der Waals surface area contributed by atoms with Crippen molar-refractivity contribution in [3.05, 3.63) is 23.9 Å². The normalized spacial score (nSPS) is 27.0. The molecule has 0 spiro atoms. The first-order valence-corrected chi connectivity index (χ1v) is 6.90. The third-order valence-electron chi connectivity index (χ3n) is 4.10. The third-order valence-corrected chi connectivity index (χ3v) is 4.10. The Balaban J connectivity index is 1.87. The molecule has 0 saturated heterocycles. The fraction of sp³-hybridized carbons (Fsp3) is 0.714. The summed E-state index contributed by atoms with van der Waals surface area (Å²) in [7, 11) is 0. The van der Waals surface area contributed by atoms with Crippen LogP contribution in [0.3, 0.4) is 0 Å². The minimum atomic E-state index is 0.591. The zero-order chi connectivity index (χ0) is 12.1. The van der Waals surface area contributed by atoms with Crippen LogP contribution in [0.1, 0.15) is 51.4 Å². The molecular formula is C14H25N3. The zero-order valence-electron chi connectivity index (χ0n) is 10.7. The van der Waals surface area contributed by atoms with Crippen molar-refractivity contribution in [1.82, 2.24) is 10.7 Å². The number of hydrazine groups is 1. The SMILES string of the molecule is C=CC1=C(NN)CC(NC2CCCCC2)CC1. The summed E-state index contributed by atoms with van der Waals surface area (Å²) in [5.74, 6) is 5.58. The molecule has 0 heterocycles. The molecule has 0 aromatic rings. The van der Waals surface area contributed by atoms with E-state index in [2.05, 4.69) is 17.3 Å².